The van der Waals surface area contributed by atoms with Crippen molar-refractivity contribution >= 4 is 38.8 Å². The zero-order valence-corrected chi connectivity index (χ0v) is 17.7. The number of anilines is 1. The van der Waals surface area contributed by atoms with Gasteiger partial charge >= 0.3 is 5.69 Å². The van der Waals surface area contributed by atoms with Crippen molar-refractivity contribution < 1.29 is 9.53 Å². The minimum absolute atomic E-state index is 0.0573. The second kappa shape index (κ2) is 7.60. The standard InChI is InChI=1S/C19H20BrN5O4/c1-22-16-15(17(27)23(2)19(22)28)25(18(21-16)24-7-9-29-10-8-24)11-14(26)12-3-5-13(20)6-4-12/h3-6H,7-11H2,1-2H3. The number of carbonyl (C=O) groups is 1. The third-order valence-corrected chi connectivity index (χ3v) is 5.62. The Morgan fingerprint density at radius 3 is 2.41 bits per heavy atom. The maximum atomic E-state index is 13.0. The highest BCUT2D eigenvalue weighted by Crippen LogP contribution is 2.22. The first-order chi connectivity index (χ1) is 13.9. The molecule has 4 rings (SSSR count). The summed E-state index contributed by atoms with van der Waals surface area (Å²) >= 11 is 3.36. The minimum Gasteiger partial charge on any atom is -0.378 e. The van der Waals surface area contributed by atoms with Crippen LogP contribution in [0.15, 0.2) is 38.3 Å². The molecular weight excluding hydrogens is 442 g/mol. The van der Waals surface area contributed by atoms with Gasteiger partial charge in [0, 0.05) is 37.2 Å². The van der Waals surface area contributed by atoms with E-state index in [4.69, 9.17) is 4.74 Å². The van der Waals surface area contributed by atoms with Crippen LogP contribution in [0.4, 0.5) is 5.95 Å². The van der Waals surface area contributed by atoms with Gasteiger partial charge in [0.2, 0.25) is 5.95 Å². The minimum atomic E-state index is -0.473. The summed E-state index contributed by atoms with van der Waals surface area (Å²) in [6.07, 6.45) is 0. The zero-order chi connectivity index (χ0) is 20.7. The molecule has 152 valence electrons. The van der Waals surface area contributed by atoms with Crippen molar-refractivity contribution in [2.45, 2.75) is 6.54 Å². The molecule has 0 spiro atoms. The van der Waals surface area contributed by atoms with Crippen LogP contribution in [0.5, 0.6) is 0 Å². The number of aryl methyl sites for hydroxylation is 1. The number of rotatable bonds is 4. The van der Waals surface area contributed by atoms with Gasteiger partial charge in [0.25, 0.3) is 5.56 Å². The molecule has 1 aromatic carbocycles. The molecule has 1 saturated heterocycles. The Morgan fingerprint density at radius 1 is 1.10 bits per heavy atom. The van der Waals surface area contributed by atoms with Crippen LogP contribution in [-0.4, -0.2) is 50.8 Å². The lowest BCUT2D eigenvalue weighted by Gasteiger charge is -2.28. The third-order valence-electron chi connectivity index (χ3n) is 5.09. The van der Waals surface area contributed by atoms with Gasteiger partial charge in [-0.2, -0.15) is 4.98 Å². The Kier molecular flexibility index (Phi) is 5.13. The molecule has 10 heteroatoms. The molecular formula is C19H20BrN5O4. The van der Waals surface area contributed by atoms with Crippen molar-refractivity contribution in [3.8, 4) is 0 Å². The fourth-order valence-electron chi connectivity index (χ4n) is 3.46. The summed E-state index contributed by atoms with van der Waals surface area (Å²) in [5.41, 5.74) is 0.105. The predicted molar refractivity (Wildman–Crippen MR) is 112 cm³/mol. The first-order valence-electron chi connectivity index (χ1n) is 9.16. The van der Waals surface area contributed by atoms with Gasteiger partial charge in [0.05, 0.1) is 19.8 Å². The Hall–Kier alpha value is -2.72. The molecule has 0 bridgehead atoms. The molecule has 2 aromatic heterocycles. The third kappa shape index (κ3) is 3.42. The first kappa shape index (κ1) is 19.6. The number of fused-ring (bicyclic) bond motifs is 1. The lowest BCUT2D eigenvalue weighted by atomic mass is 10.1. The number of ketones is 1. The number of imidazole rings is 1. The van der Waals surface area contributed by atoms with Crippen LogP contribution in [0.3, 0.4) is 0 Å². The maximum Gasteiger partial charge on any atom is 0.332 e. The van der Waals surface area contributed by atoms with Crippen LogP contribution in [0.2, 0.25) is 0 Å². The highest BCUT2D eigenvalue weighted by molar-refractivity contribution is 9.10. The van der Waals surface area contributed by atoms with E-state index in [1.807, 2.05) is 4.90 Å². The number of ether oxygens (including phenoxy) is 1. The molecule has 0 aliphatic carbocycles. The second-order valence-corrected chi connectivity index (χ2v) is 7.82. The number of halogens is 1. The van der Waals surface area contributed by atoms with Crippen molar-refractivity contribution in [1.82, 2.24) is 18.7 Å². The molecule has 0 radical (unpaired) electrons. The van der Waals surface area contributed by atoms with E-state index in [0.29, 0.717) is 37.8 Å². The van der Waals surface area contributed by atoms with Gasteiger partial charge < -0.3 is 9.64 Å². The molecule has 0 amide bonds. The predicted octanol–water partition coefficient (Wildman–Crippen LogP) is 0.916. The van der Waals surface area contributed by atoms with Gasteiger partial charge in [-0.1, -0.05) is 28.1 Å². The summed E-state index contributed by atoms with van der Waals surface area (Å²) in [6, 6.07) is 7.05. The highest BCUT2D eigenvalue weighted by Gasteiger charge is 2.25. The van der Waals surface area contributed by atoms with Crippen molar-refractivity contribution in [3.05, 3.63) is 55.1 Å². The lowest BCUT2D eigenvalue weighted by molar-refractivity contribution is 0.0972. The average Bonchev–Trinajstić information content (AvgIpc) is 3.11. The SMILES string of the molecule is Cn1c(=O)c2c(nc(N3CCOCC3)n2CC(=O)c2ccc(Br)cc2)n(C)c1=O. The van der Waals surface area contributed by atoms with E-state index in [-0.39, 0.29) is 23.5 Å². The monoisotopic (exact) mass is 461 g/mol. The fraction of sp³-hybridized carbons (Fsp3) is 0.368. The average molecular weight is 462 g/mol. The van der Waals surface area contributed by atoms with Gasteiger partial charge in [0.1, 0.15) is 0 Å². The molecule has 0 N–H and O–H groups in total. The van der Waals surface area contributed by atoms with Crippen molar-refractivity contribution in [3.63, 3.8) is 0 Å². The molecule has 3 heterocycles. The molecule has 1 fully saturated rings. The molecule has 1 aliphatic heterocycles. The normalized spacial score (nSPS) is 14.5. The van der Waals surface area contributed by atoms with Gasteiger partial charge in [-0.05, 0) is 12.1 Å². The number of carbonyl (C=O) groups excluding carboxylic acids is 1. The molecule has 1 aliphatic rings. The highest BCUT2D eigenvalue weighted by atomic mass is 79.9. The lowest BCUT2D eigenvalue weighted by Crippen LogP contribution is -2.39. The smallest absolute Gasteiger partial charge is 0.332 e. The Labute approximate surface area is 174 Å². The van der Waals surface area contributed by atoms with Gasteiger partial charge in [-0.15, -0.1) is 0 Å². The van der Waals surface area contributed by atoms with E-state index in [0.717, 1.165) is 9.04 Å². The van der Waals surface area contributed by atoms with Gasteiger partial charge in [-0.25, -0.2) is 4.79 Å². The molecule has 0 saturated carbocycles. The van der Waals surface area contributed by atoms with Crippen LogP contribution < -0.4 is 16.1 Å². The maximum absolute atomic E-state index is 13.0. The fourth-order valence-corrected chi connectivity index (χ4v) is 3.72. The van der Waals surface area contributed by atoms with Crippen LogP contribution in [0.25, 0.3) is 11.2 Å². The van der Waals surface area contributed by atoms with E-state index in [1.54, 1.807) is 35.9 Å². The largest absolute Gasteiger partial charge is 0.378 e. The molecule has 3 aromatic rings. The number of aromatic nitrogens is 4. The van der Waals surface area contributed by atoms with Crippen LogP contribution in [0, 0.1) is 0 Å². The summed E-state index contributed by atoms with van der Waals surface area (Å²) in [5, 5.41) is 0. The number of hydrogen-bond donors (Lipinski definition) is 0. The van der Waals surface area contributed by atoms with Crippen LogP contribution in [0.1, 0.15) is 10.4 Å². The summed E-state index contributed by atoms with van der Waals surface area (Å²) < 4.78 is 10.3. The summed E-state index contributed by atoms with van der Waals surface area (Å²) in [5.74, 6) is 0.342. The van der Waals surface area contributed by atoms with Crippen LogP contribution in [-0.2, 0) is 25.4 Å². The Balaban J connectivity index is 1.89. The molecule has 0 unspecified atom stereocenters. The second-order valence-electron chi connectivity index (χ2n) is 6.91. The van der Waals surface area contributed by atoms with Crippen molar-refractivity contribution in [1.29, 1.82) is 0 Å². The van der Waals surface area contributed by atoms with Gasteiger partial charge in [-0.3, -0.25) is 23.3 Å². The molecule has 29 heavy (non-hydrogen) atoms. The van der Waals surface area contributed by atoms with E-state index in [9.17, 15) is 14.4 Å². The Bertz CT molecular complexity index is 1200. The number of nitrogens with zero attached hydrogens (tertiary/aromatic N) is 5. The van der Waals surface area contributed by atoms with Gasteiger partial charge in [0.15, 0.2) is 16.9 Å². The number of hydrogen-bond acceptors (Lipinski definition) is 6. The number of benzene rings is 1. The van der Waals surface area contributed by atoms with E-state index in [1.165, 1.54) is 11.6 Å². The van der Waals surface area contributed by atoms with Crippen molar-refractivity contribution in [2.75, 3.05) is 31.2 Å². The number of morpholine rings is 1. The summed E-state index contributed by atoms with van der Waals surface area (Å²) in [7, 11) is 2.99. The quantitative estimate of drug-likeness (QED) is 0.536. The summed E-state index contributed by atoms with van der Waals surface area (Å²) in [4.78, 5) is 44.8. The molecule has 9 nitrogen and oxygen atoms in total. The van der Waals surface area contributed by atoms with E-state index >= 15 is 0 Å². The molecule has 0 atom stereocenters. The summed E-state index contributed by atoms with van der Waals surface area (Å²) in [6.45, 7) is 2.17. The van der Waals surface area contributed by atoms with E-state index in [2.05, 4.69) is 20.9 Å². The topological polar surface area (TPSA) is 91.4 Å². The first-order valence-corrected chi connectivity index (χ1v) is 9.95. The van der Waals surface area contributed by atoms with Crippen LogP contribution >= 0.6 is 15.9 Å². The van der Waals surface area contributed by atoms with Crippen molar-refractivity contribution in [2.24, 2.45) is 14.1 Å². The number of Topliss-reactive ketones (excluding diaryl/α,β-unsaturated/α-hetero) is 1. The van der Waals surface area contributed by atoms with E-state index < -0.39 is 11.2 Å². The Morgan fingerprint density at radius 2 is 1.76 bits per heavy atom. The zero-order valence-electron chi connectivity index (χ0n) is 16.1.